The highest BCUT2D eigenvalue weighted by atomic mass is 16.5. The number of benzene rings is 2. The molecule has 2 aromatic carbocycles. The fourth-order valence-electron chi connectivity index (χ4n) is 3.39. The number of hydrogen-bond donors (Lipinski definition) is 0. The molecule has 2 nitrogen and oxygen atoms in total. The van der Waals surface area contributed by atoms with Crippen LogP contribution < -0.4 is 0 Å². The molecule has 1 saturated carbocycles. The van der Waals surface area contributed by atoms with Crippen molar-refractivity contribution in [2.24, 2.45) is 11.8 Å². The van der Waals surface area contributed by atoms with E-state index in [-0.39, 0.29) is 12.1 Å². The number of esters is 1. The Balaban J connectivity index is 1.56. The van der Waals surface area contributed by atoms with Gasteiger partial charge in [0, 0.05) is 5.92 Å². The summed E-state index contributed by atoms with van der Waals surface area (Å²) in [5.74, 6) is 0.862. The van der Waals surface area contributed by atoms with Crippen molar-refractivity contribution in [2.75, 3.05) is 0 Å². The second kappa shape index (κ2) is 4.48. The quantitative estimate of drug-likeness (QED) is 0.606. The van der Waals surface area contributed by atoms with Crippen molar-refractivity contribution < 1.29 is 9.53 Å². The van der Waals surface area contributed by atoms with Crippen molar-refractivity contribution in [1.82, 2.24) is 0 Å². The molecule has 2 heteroatoms. The summed E-state index contributed by atoms with van der Waals surface area (Å²) in [5, 5.41) is 2.22. The highest BCUT2D eigenvalue weighted by molar-refractivity contribution is 5.95. The first kappa shape index (κ1) is 11.7. The molecule has 2 bridgehead atoms. The van der Waals surface area contributed by atoms with Gasteiger partial charge in [-0.2, -0.15) is 0 Å². The minimum atomic E-state index is -0.193. The molecule has 2 aromatic rings. The third-order valence-electron chi connectivity index (χ3n) is 4.46. The number of hydrogen-bond acceptors (Lipinski definition) is 2. The molecule has 2 aliphatic rings. The van der Waals surface area contributed by atoms with Gasteiger partial charge in [-0.25, -0.2) is 4.79 Å². The number of rotatable bonds is 2. The Hall–Kier alpha value is -2.09. The van der Waals surface area contributed by atoms with Crippen LogP contribution in [0.4, 0.5) is 0 Å². The minimum absolute atomic E-state index is 0.0731. The van der Waals surface area contributed by atoms with Gasteiger partial charge in [-0.15, -0.1) is 0 Å². The van der Waals surface area contributed by atoms with Gasteiger partial charge in [-0.1, -0.05) is 42.5 Å². The van der Waals surface area contributed by atoms with Crippen LogP contribution in [0.1, 0.15) is 23.2 Å². The third-order valence-corrected chi connectivity index (χ3v) is 4.46. The van der Waals surface area contributed by atoms with Crippen LogP contribution in [-0.2, 0) is 4.74 Å². The van der Waals surface area contributed by atoms with Gasteiger partial charge in [-0.05, 0) is 41.7 Å². The smallest absolute Gasteiger partial charge is 0.338 e. The first-order valence-electron chi connectivity index (χ1n) is 7.18. The zero-order valence-electron chi connectivity index (χ0n) is 11.2. The van der Waals surface area contributed by atoms with Crippen LogP contribution in [0, 0.1) is 11.8 Å². The van der Waals surface area contributed by atoms with Gasteiger partial charge in [0.15, 0.2) is 0 Å². The van der Waals surface area contributed by atoms with Gasteiger partial charge in [-0.3, -0.25) is 0 Å². The maximum Gasteiger partial charge on any atom is 0.338 e. The standard InChI is InChI=1S/C18H16O2/c19-18(20-17-10-12-5-6-15(17)9-12)16-8-7-13-3-1-2-4-14(13)11-16/h1-8,11-12,15,17H,9-10H2. The Kier molecular flexibility index (Phi) is 2.62. The topological polar surface area (TPSA) is 26.3 Å². The molecule has 1 fully saturated rings. The van der Waals surface area contributed by atoms with Crippen LogP contribution in [0.2, 0.25) is 0 Å². The summed E-state index contributed by atoms with van der Waals surface area (Å²) in [7, 11) is 0. The second-order valence-corrected chi connectivity index (χ2v) is 5.79. The molecule has 2 aliphatic carbocycles. The molecule has 0 radical (unpaired) electrons. The Bertz CT molecular complexity index is 701. The van der Waals surface area contributed by atoms with Gasteiger partial charge in [0.25, 0.3) is 0 Å². The number of fused-ring (bicyclic) bond motifs is 3. The summed E-state index contributed by atoms with van der Waals surface area (Å²) < 4.78 is 5.69. The normalized spacial score (nSPS) is 27.1. The van der Waals surface area contributed by atoms with E-state index >= 15 is 0 Å². The van der Waals surface area contributed by atoms with Gasteiger partial charge >= 0.3 is 5.97 Å². The van der Waals surface area contributed by atoms with Crippen LogP contribution in [0.25, 0.3) is 10.8 Å². The largest absolute Gasteiger partial charge is 0.458 e. The van der Waals surface area contributed by atoms with Crippen molar-refractivity contribution in [1.29, 1.82) is 0 Å². The maximum atomic E-state index is 12.3. The SMILES string of the molecule is O=C(OC1CC2C=CC1C2)c1ccc2ccccc2c1. The number of allylic oxidation sites excluding steroid dienone is 1. The van der Waals surface area contributed by atoms with Crippen LogP contribution >= 0.6 is 0 Å². The highest BCUT2D eigenvalue weighted by Crippen LogP contribution is 2.40. The van der Waals surface area contributed by atoms with Crippen LogP contribution in [-0.4, -0.2) is 12.1 Å². The molecule has 0 heterocycles. The van der Waals surface area contributed by atoms with E-state index in [2.05, 4.69) is 12.2 Å². The fraction of sp³-hybridized carbons (Fsp3) is 0.278. The lowest BCUT2D eigenvalue weighted by molar-refractivity contribution is 0.0242. The van der Waals surface area contributed by atoms with E-state index in [0.717, 1.165) is 23.6 Å². The summed E-state index contributed by atoms with van der Waals surface area (Å²) in [5.41, 5.74) is 0.649. The average Bonchev–Trinajstić information content (AvgIpc) is 3.09. The first-order valence-corrected chi connectivity index (χ1v) is 7.18. The molecule has 0 aromatic heterocycles. The second-order valence-electron chi connectivity index (χ2n) is 5.79. The molecule has 100 valence electrons. The van der Waals surface area contributed by atoms with Gasteiger partial charge < -0.3 is 4.74 Å². The van der Waals surface area contributed by atoms with E-state index in [4.69, 9.17) is 4.74 Å². The third kappa shape index (κ3) is 1.92. The molecular weight excluding hydrogens is 248 g/mol. The first-order chi connectivity index (χ1) is 9.79. The molecule has 3 atom stereocenters. The zero-order chi connectivity index (χ0) is 13.5. The van der Waals surface area contributed by atoms with E-state index in [0.29, 0.717) is 17.4 Å². The van der Waals surface area contributed by atoms with Gasteiger partial charge in [0.05, 0.1) is 5.56 Å². The monoisotopic (exact) mass is 264 g/mol. The predicted octanol–water partition coefficient (Wildman–Crippen LogP) is 3.96. The predicted molar refractivity (Wildman–Crippen MR) is 78.5 cm³/mol. The van der Waals surface area contributed by atoms with E-state index in [9.17, 15) is 4.79 Å². The number of carbonyl (C=O) groups is 1. The van der Waals surface area contributed by atoms with Crippen molar-refractivity contribution in [2.45, 2.75) is 18.9 Å². The number of carbonyl (C=O) groups excluding carboxylic acids is 1. The molecule has 3 unspecified atom stereocenters. The number of ether oxygens (including phenoxy) is 1. The molecule has 0 amide bonds. The van der Waals surface area contributed by atoms with E-state index in [1.54, 1.807) is 0 Å². The van der Waals surface area contributed by atoms with Crippen molar-refractivity contribution >= 4 is 16.7 Å². The van der Waals surface area contributed by atoms with Gasteiger partial charge in [0.1, 0.15) is 6.10 Å². The summed E-state index contributed by atoms with van der Waals surface area (Å²) in [6.45, 7) is 0. The maximum absolute atomic E-state index is 12.3. The zero-order valence-corrected chi connectivity index (χ0v) is 11.2. The highest BCUT2D eigenvalue weighted by Gasteiger charge is 2.38. The van der Waals surface area contributed by atoms with Crippen molar-refractivity contribution in [3.63, 3.8) is 0 Å². The Morgan fingerprint density at radius 2 is 1.85 bits per heavy atom. The van der Waals surface area contributed by atoms with E-state index in [1.807, 2.05) is 42.5 Å². The summed E-state index contributed by atoms with van der Waals surface area (Å²) in [4.78, 5) is 12.3. The molecule has 20 heavy (non-hydrogen) atoms. The summed E-state index contributed by atoms with van der Waals surface area (Å²) in [6, 6.07) is 13.8. The summed E-state index contributed by atoms with van der Waals surface area (Å²) in [6.07, 6.45) is 6.66. The molecule has 4 rings (SSSR count). The van der Waals surface area contributed by atoms with Crippen LogP contribution in [0.15, 0.2) is 54.6 Å². The van der Waals surface area contributed by atoms with E-state index < -0.39 is 0 Å². The Labute approximate surface area is 118 Å². The summed E-state index contributed by atoms with van der Waals surface area (Å²) >= 11 is 0. The molecular formula is C18H16O2. The molecule has 0 aliphatic heterocycles. The fourth-order valence-corrected chi connectivity index (χ4v) is 3.39. The lowest BCUT2D eigenvalue weighted by Gasteiger charge is -2.18. The molecule has 0 N–H and O–H groups in total. The van der Waals surface area contributed by atoms with Crippen molar-refractivity contribution in [3.05, 3.63) is 60.2 Å². The van der Waals surface area contributed by atoms with E-state index in [1.165, 1.54) is 0 Å². The molecule has 0 spiro atoms. The molecule has 0 saturated heterocycles. The van der Waals surface area contributed by atoms with Gasteiger partial charge in [0.2, 0.25) is 0 Å². The van der Waals surface area contributed by atoms with Crippen LogP contribution in [0.5, 0.6) is 0 Å². The Morgan fingerprint density at radius 1 is 1.00 bits per heavy atom. The Morgan fingerprint density at radius 3 is 2.60 bits per heavy atom. The average molecular weight is 264 g/mol. The minimum Gasteiger partial charge on any atom is -0.458 e. The lowest BCUT2D eigenvalue weighted by Crippen LogP contribution is -2.22. The lowest BCUT2D eigenvalue weighted by atomic mass is 10.0. The van der Waals surface area contributed by atoms with Crippen molar-refractivity contribution in [3.8, 4) is 0 Å². The van der Waals surface area contributed by atoms with Crippen LogP contribution in [0.3, 0.4) is 0 Å².